The van der Waals surface area contributed by atoms with Gasteiger partial charge in [0.1, 0.15) is 11.8 Å². The van der Waals surface area contributed by atoms with Crippen molar-refractivity contribution in [1.29, 1.82) is 0 Å². The van der Waals surface area contributed by atoms with Gasteiger partial charge < -0.3 is 29.5 Å². The molecule has 12 heteroatoms. The van der Waals surface area contributed by atoms with Crippen molar-refractivity contribution in [3.05, 3.63) is 11.8 Å². The Morgan fingerprint density at radius 1 is 1.00 bits per heavy atom. The summed E-state index contributed by atoms with van der Waals surface area (Å²) in [5.41, 5.74) is -0.456. The predicted octanol–water partition coefficient (Wildman–Crippen LogP) is 2.49. The molecule has 3 saturated carbocycles. The number of carbonyl (C=O) groups excluding carboxylic acids is 4. The van der Waals surface area contributed by atoms with Gasteiger partial charge in [0.25, 0.3) is 5.91 Å². The number of hydrogen-bond donors (Lipinski definition) is 1. The summed E-state index contributed by atoms with van der Waals surface area (Å²) < 4.78 is 29.0. The van der Waals surface area contributed by atoms with E-state index in [1.165, 1.54) is 25.7 Å². The van der Waals surface area contributed by atoms with Gasteiger partial charge in [-0.1, -0.05) is 25.7 Å². The lowest BCUT2D eigenvalue weighted by atomic mass is 9.64. The molecule has 10 unspecified atom stereocenters. The summed E-state index contributed by atoms with van der Waals surface area (Å²) >= 11 is 0. The molecule has 7 rings (SSSR count). The van der Waals surface area contributed by atoms with Crippen LogP contribution in [0.3, 0.4) is 0 Å². The fraction of sp³-hybridized carbons (Fsp3) is 0.824. The van der Waals surface area contributed by atoms with Gasteiger partial charge >= 0.3 is 6.09 Å². The van der Waals surface area contributed by atoms with Crippen LogP contribution < -0.4 is 5.32 Å². The molecule has 3 amide bonds. The van der Waals surface area contributed by atoms with Crippen LogP contribution in [0.2, 0.25) is 0 Å². The van der Waals surface area contributed by atoms with Gasteiger partial charge in [0.15, 0.2) is 5.78 Å². The third-order valence-corrected chi connectivity index (χ3v) is 11.8. The molecule has 4 heterocycles. The second kappa shape index (κ2) is 12.4. The normalized spacial score (nSPS) is 39.5. The van der Waals surface area contributed by atoms with Crippen LogP contribution in [0.25, 0.3) is 0 Å². The van der Waals surface area contributed by atoms with Crippen molar-refractivity contribution in [1.82, 2.24) is 24.9 Å². The Morgan fingerprint density at radius 2 is 1.72 bits per heavy atom. The van der Waals surface area contributed by atoms with Crippen molar-refractivity contribution in [2.75, 3.05) is 39.3 Å². The Labute approximate surface area is 271 Å². The number of piperazine rings is 1. The zero-order chi connectivity index (χ0) is 32.3. The van der Waals surface area contributed by atoms with Gasteiger partial charge in [-0.15, -0.1) is 0 Å². The number of alkyl halides is 1. The van der Waals surface area contributed by atoms with Crippen molar-refractivity contribution in [3.8, 4) is 0 Å². The van der Waals surface area contributed by atoms with Gasteiger partial charge in [-0.2, -0.15) is 0 Å². The van der Waals surface area contributed by atoms with Crippen LogP contribution in [0, 0.1) is 17.8 Å². The minimum atomic E-state index is -1.31. The summed E-state index contributed by atoms with van der Waals surface area (Å²) in [6.45, 7) is 8.19. The average Bonchev–Trinajstić information content (AvgIpc) is 3.47. The number of fused-ring (bicyclic) bond motifs is 3. The molecule has 3 aliphatic carbocycles. The highest BCUT2D eigenvalue weighted by atomic mass is 19.1. The summed E-state index contributed by atoms with van der Waals surface area (Å²) in [5.74, 6) is -0.0746. The Hall–Kier alpha value is -2.73. The topological polar surface area (TPSA) is 112 Å². The maximum Gasteiger partial charge on any atom is 0.407 e. The van der Waals surface area contributed by atoms with Crippen molar-refractivity contribution in [2.45, 2.75) is 120 Å². The van der Waals surface area contributed by atoms with Gasteiger partial charge in [0, 0.05) is 57.4 Å². The number of alkyl carbamates (subject to hydrolysis) is 1. The predicted molar refractivity (Wildman–Crippen MR) is 166 cm³/mol. The summed E-state index contributed by atoms with van der Waals surface area (Å²) in [4.78, 5) is 59.5. The molecular weight excluding hydrogens is 593 g/mol. The Morgan fingerprint density at radius 3 is 2.41 bits per heavy atom. The molecule has 10 atom stereocenters. The van der Waals surface area contributed by atoms with E-state index >= 15 is 4.39 Å². The number of ketones is 1. The smallest absolute Gasteiger partial charge is 0.407 e. The zero-order valence-electron chi connectivity index (χ0n) is 27.4. The maximum atomic E-state index is 16.5. The standard InChI is InChI=1S/C34H50FN5O6/c1-34(2,3)46-33(44)36-22-8-9-39(17-22)29-25(35)16-23-28-31(29)45-27-15-21-7-5-4-6-20(21)14-26(27)40(28)18-24(30(23)42)32(43)38-12-10-37(19-41)11-13-38/h18-23,25-29,31H,4-17H2,1-3H3,(H,36,44). The van der Waals surface area contributed by atoms with Crippen LogP contribution in [0.4, 0.5) is 9.18 Å². The molecule has 0 aromatic carbocycles. The van der Waals surface area contributed by atoms with Gasteiger partial charge in [-0.05, 0) is 58.3 Å². The number of hydrogen-bond acceptors (Lipinski definition) is 8. The second-order valence-corrected chi connectivity index (χ2v) is 15.7. The number of Topliss-reactive ketones (excluding diaryl/α,β-unsaturated/α-hetero) is 1. The number of ether oxygens (including phenoxy) is 2. The van der Waals surface area contributed by atoms with Gasteiger partial charge in [-0.3, -0.25) is 19.3 Å². The lowest BCUT2D eigenvalue weighted by Gasteiger charge is -2.61. The van der Waals surface area contributed by atoms with E-state index < -0.39 is 35.9 Å². The van der Waals surface area contributed by atoms with E-state index in [0.717, 1.165) is 19.3 Å². The molecule has 0 aromatic rings. The minimum absolute atomic E-state index is 0.0398. The van der Waals surface area contributed by atoms with E-state index in [1.54, 1.807) is 9.80 Å². The summed E-state index contributed by atoms with van der Waals surface area (Å²) in [6.07, 6.45) is 7.67. The highest BCUT2D eigenvalue weighted by Crippen LogP contribution is 2.51. The first-order valence-electron chi connectivity index (χ1n) is 17.6. The number of rotatable bonds is 4. The summed E-state index contributed by atoms with van der Waals surface area (Å²) in [5, 5.41) is 2.97. The molecule has 0 radical (unpaired) electrons. The molecule has 6 fully saturated rings. The monoisotopic (exact) mass is 643 g/mol. The van der Waals surface area contributed by atoms with Crippen LogP contribution in [0.15, 0.2) is 11.8 Å². The van der Waals surface area contributed by atoms with Gasteiger partial charge in [0.2, 0.25) is 6.41 Å². The van der Waals surface area contributed by atoms with Gasteiger partial charge in [0.05, 0.1) is 35.9 Å². The lowest BCUT2D eigenvalue weighted by Crippen LogP contribution is -2.73. The van der Waals surface area contributed by atoms with Crippen LogP contribution >= 0.6 is 0 Å². The third kappa shape index (κ3) is 5.93. The first-order valence-corrected chi connectivity index (χ1v) is 17.6. The number of nitrogens with zero attached hydrogens (tertiary/aromatic N) is 4. The van der Waals surface area contributed by atoms with Crippen LogP contribution in [0.1, 0.15) is 72.1 Å². The molecule has 0 aromatic heterocycles. The van der Waals surface area contributed by atoms with E-state index in [9.17, 15) is 19.2 Å². The summed E-state index contributed by atoms with van der Waals surface area (Å²) in [7, 11) is 0. The Kier molecular flexibility index (Phi) is 8.57. The van der Waals surface area contributed by atoms with Crippen molar-refractivity contribution >= 4 is 24.2 Å². The number of amides is 3. The first kappa shape index (κ1) is 31.8. The zero-order valence-corrected chi connectivity index (χ0v) is 27.4. The first-order chi connectivity index (χ1) is 22.0. The lowest BCUT2D eigenvalue weighted by molar-refractivity contribution is -0.219. The molecule has 3 saturated heterocycles. The molecule has 11 nitrogen and oxygen atoms in total. The molecule has 7 aliphatic rings. The maximum absolute atomic E-state index is 16.5. The van der Waals surface area contributed by atoms with Crippen LogP contribution in [-0.4, -0.2) is 131 Å². The second-order valence-electron chi connectivity index (χ2n) is 15.7. The highest BCUT2D eigenvalue weighted by Gasteiger charge is 2.61. The number of carbonyl (C=O) groups is 4. The van der Waals surface area contributed by atoms with Crippen LogP contribution in [-0.2, 0) is 23.9 Å². The van der Waals surface area contributed by atoms with E-state index in [2.05, 4.69) is 15.1 Å². The number of nitrogens with one attached hydrogen (secondary N) is 1. The molecule has 0 spiro atoms. The van der Waals surface area contributed by atoms with E-state index in [0.29, 0.717) is 57.5 Å². The molecule has 254 valence electrons. The average molecular weight is 644 g/mol. The van der Waals surface area contributed by atoms with E-state index in [4.69, 9.17) is 9.47 Å². The molecule has 4 aliphatic heterocycles. The van der Waals surface area contributed by atoms with Crippen LogP contribution in [0.5, 0.6) is 0 Å². The molecule has 0 bridgehead atoms. The van der Waals surface area contributed by atoms with Crippen molar-refractivity contribution in [3.63, 3.8) is 0 Å². The Balaban J connectivity index is 1.16. The number of morpholine rings is 1. The molecule has 46 heavy (non-hydrogen) atoms. The summed E-state index contributed by atoms with van der Waals surface area (Å²) in [6, 6.07) is -1.01. The fourth-order valence-electron chi connectivity index (χ4n) is 9.71. The van der Waals surface area contributed by atoms with Crippen molar-refractivity contribution < 1.29 is 33.0 Å². The Bertz CT molecular complexity index is 1250. The third-order valence-electron chi connectivity index (χ3n) is 11.8. The van der Waals surface area contributed by atoms with E-state index in [1.807, 2.05) is 27.0 Å². The van der Waals surface area contributed by atoms with Gasteiger partial charge in [-0.25, -0.2) is 9.18 Å². The number of halogens is 1. The van der Waals surface area contributed by atoms with E-state index in [-0.39, 0.29) is 47.9 Å². The fourth-order valence-corrected chi connectivity index (χ4v) is 9.71. The SMILES string of the molecule is CC(C)(C)OC(=O)NC1CCN(C2C(F)CC3C(=O)C(C(=O)N4CCN(C=O)CC4)=CN4C5CC6CCCCC6CC5OC2C34)C1. The highest BCUT2D eigenvalue weighted by molar-refractivity contribution is 6.20. The number of likely N-dealkylation sites (tertiary alicyclic amines) is 1. The largest absolute Gasteiger partial charge is 0.444 e. The minimum Gasteiger partial charge on any atom is -0.444 e. The molecule has 1 N–H and O–H groups in total. The molecular formula is C34H50FN5O6. The van der Waals surface area contributed by atoms with Crippen molar-refractivity contribution in [2.24, 2.45) is 17.8 Å². The quantitative estimate of drug-likeness (QED) is 0.368.